The lowest BCUT2D eigenvalue weighted by molar-refractivity contribution is -0.139. The lowest BCUT2D eigenvalue weighted by atomic mass is 10.1. The van der Waals surface area contributed by atoms with Gasteiger partial charge in [0, 0.05) is 13.1 Å². The zero-order valence-corrected chi connectivity index (χ0v) is 21.4. The number of methoxy groups -OCH3 is 1. The minimum atomic E-state index is -3.75. The van der Waals surface area contributed by atoms with Crippen LogP contribution in [-0.4, -0.2) is 57.6 Å². The Morgan fingerprint density at radius 2 is 1.71 bits per heavy atom. The predicted octanol–water partition coefficient (Wildman–Crippen LogP) is 2.97. The van der Waals surface area contributed by atoms with Gasteiger partial charge in [0.1, 0.15) is 18.3 Å². The first-order valence-corrected chi connectivity index (χ1v) is 13.2. The Balaban J connectivity index is 2.39. The van der Waals surface area contributed by atoms with Gasteiger partial charge in [0.05, 0.1) is 19.1 Å². The molecule has 0 heterocycles. The summed E-state index contributed by atoms with van der Waals surface area (Å²) >= 11 is 0. The van der Waals surface area contributed by atoms with Crippen molar-refractivity contribution in [3.8, 4) is 5.75 Å². The maximum Gasteiger partial charge on any atom is 0.244 e. The van der Waals surface area contributed by atoms with E-state index < -0.39 is 28.5 Å². The SMILES string of the molecule is CCCNC(=O)[C@@H](C)N(Cc1ccc(OC)cc1)C(=O)CN(c1ccccc1CC)S(C)(=O)=O. The lowest BCUT2D eigenvalue weighted by Crippen LogP contribution is -2.51. The highest BCUT2D eigenvalue weighted by atomic mass is 32.2. The summed E-state index contributed by atoms with van der Waals surface area (Å²) < 4.78 is 31.7. The van der Waals surface area contributed by atoms with Gasteiger partial charge in [-0.05, 0) is 49.1 Å². The monoisotopic (exact) mass is 489 g/mol. The molecule has 0 saturated carbocycles. The molecule has 0 fully saturated rings. The van der Waals surface area contributed by atoms with Crippen LogP contribution in [0.3, 0.4) is 0 Å². The summed E-state index contributed by atoms with van der Waals surface area (Å²) in [5.74, 6) is -0.0790. The molecule has 2 aromatic rings. The Morgan fingerprint density at radius 3 is 2.26 bits per heavy atom. The highest BCUT2D eigenvalue weighted by Gasteiger charge is 2.30. The summed E-state index contributed by atoms with van der Waals surface area (Å²) in [4.78, 5) is 27.7. The number of anilines is 1. The maximum absolute atomic E-state index is 13.5. The number of hydrogen-bond donors (Lipinski definition) is 1. The van der Waals surface area contributed by atoms with Crippen LogP contribution in [0.5, 0.6) is 5.75 Å². The molecule has 0 radical (unpaired) electrons. The summed E-state index contributed by atoms with van der Waals surface area (Å²) in [7, 11) is -2.18. The first-order chi connectivity index (χ1) is 16.1. The van der Waals surface area contributed by atoms with E-state index in [0.29, 0.717) is 24.4 Å². The molecule has 0 aliphatic heterocycles. The lowest BCUT2D eigenvalue weighted by Gasteiger charge is -2.32. The second-order valence-electron chi connectivity index (χ2n) is 8.09. The fraction of sp³-hybridized carbons (Fsp3) is 0.440. The van der Waals surface area contributed by atoms with Crippen molar-refractivity contribution in [1.82, 2.24) is 10.2 Å². The van der Waals surface area contributed by atoms with E-state index in [-0.39, 0.29) is 12.5 Å². The molecule has 0 unspecified atom stereocenters. The van der Waals surface area contributed by atoms with Crippen LogP contribution < -0.4 is 14.4 Å². The van der Waals surface area contributed by atoms with Gasteiger partial charge in [0.25, 0.3) is 0 Å². The van der Waals surface area contributed by atoms with Crippen LogP contribution in [0.25, 0.3) is 0 Å². The van der Waals surface area contributed by atoms with Crippen LogP contribution in [0.15, 0.2) is 48.5 Å². The first-order valence-electron chi connectivity index (χ1n) is 11.4. The number of hydrogen-bond acceptors (Lipinski definition) is 5. The molecule has 2 amide bonds. The van der Waals surface area contributed by atoms with E-state index in [9.17, 15) is 18.0 Å². The predicted molar refractivity (Wildman–Crippen MR) is 134 cm³/mol. The third kappa shape index (κ3) is 7.21. The molecule has 0 aliphatic rings. The topological polar surface area (TPSA) is 96.0 Å². The van der Waals surface area contributed by atoms with E-state index in [1.54, 1.807) is 38.3 Å². The Kier molecular flexibility index (Phi) is 9.92. The van der Waals surface area contributed by atoms with Crippen LogP contribution in [0.4, 0.5) is 5.69 Å². The number of carbonyl (C=O) groups is 2. The highest BCUT2D eigenvalue weighted by Crippen LogP contribution is 2.24. The van der Waals surface area contributed by atoms with Crippen molar-refractivity contribution in [2.24, 2.45) is 0 Å². The Labute approximate surface area is 202 Å². The number of rotatable bonds is 12. The molecule has 0 spiro atoms. The number of carbonyl (C=O) groups excluding carboxylic acids is 2. The summed E-state index contributed by atoms with van der Waals surface area (Å²) in [6.45, 7) is 5.76. The van der Waals surface area contributed by atoms with Gasteiger partial charge < -0.3 is 15.0 Å². The number of amides is 2. The fourth-order valence-electron chi connectivity index (χ4n) is 3.55. The van der Waals surface area contributed by atoms with Crippen molar-refractivity contribution in [2.45, 2.75) is 46.2 Å². The van der Waals surface area contributed by atoms with Gasteiger partial charge in [-0.25, -0.2) is 8.42 Å². The van der Waals surface area contributed by atoms with E-state index in [0.717, 1.165) is 28.1 Å². The van der Waals surface area contributed by atoms with E-state index in [2.05, 4.69) is 5.32 Å². The molecule has 1 N–H and O–H groups in total. The molecule has 2 rings (SSSR count). The molecule has 8 nitrogen and oxygen atoms in total. The standard InChI is InChI=1S/C25H35N3O5S/c1-6-16-26-25(30)19(3)27(17-20-12-14-22(33-4)15-13-20)24(29)18-28(34(5,31)32)23-11-9-8-10-21(23)7-2/h8-15,19H,6-7,16-18H2,1-5H3,(H,26,30)/t19-/m1/s1. The minimum absolute atomic E-state index is 0.149. The minimum Gasteiger partial charge on any atom is -0.497 e. The number of para-hydroxylation sites is 1. The number of aryl methyl sites for hydroxylation is 1. The summed E-state index contributed by atoms with van der Waals surface area (Å²) in [5, 5.41) is 2.82. The van der Waals surface area contributed by atoms with Gasteiger partial charge in [0.2, 0.25) is 21.8 Å². The normalized spacial score (nSPS) is 12.0. The van der Waals surface area contributed by atoms with E-state index in [4.69, 9.17) is 4.74 Å². The molecule has 9 heteroatoms. The molecule has 2 aromatic carbocycles. The average molecular weight is 490 g/mol. The summed E-state index contributed by atoms with van der Waals surface area (Å²) in [6.07, 6.45) is 2.46. The van der Waals surface area contributed by atoms with Crippen LogP contribution >= 0.6 is 0 Å². The summed E-state index contributed by atoms with van der Waals surface area (Å²) in [5.41, 5.74) is 2.08. The number of benzene rings is 2. The van der Waals surface area contributed by atoms with Crippen LogP contribution in [0.1, 0.15) is 38.3 Å². The second kappa shape index (κ2) is 12.4. The quantitative estimate of drug-likeness (QED) is 0.495. The van der Waals surface area contributed by atoms with Crippen molar-refractivity contribution < 1.29 is 22.7 Å². The van der Waals surface area contributed by atoms with Crippen molar-refractivity contribution in [3.05, 3.63) is 59.7 Å². The van der Waals surface area contributed by atoms with Gasteiger partial charge >= 0.3 is 0 Å². The molecular formula is C25H35N3O5S. The molecule has 0 saturated heterocycles. The number of ether oxygens (including phenoxy) is 1. The maximum atomic E-state index is 13.5. The van der Waals surface area contributed by atoms with E-state index in [1.807, 2.05) is 38.1 Å². The molecule has 186 valence electrons. The fourth-order valence-corrected chi connectivity index (χ4v) is 4.43. The zero-order valence-electron chi connectivity index (χ0n) is 20.6. The van der Waals surface area contributed by atoms with Gasteiger partial charge in [-0.15, -0.1) is 0 Å². The number of sulfonamides is 1. The van der Waals surface area contributed by atoms with Crippen molar-refractivity contribution >= 4 is 27.5 Å². The van der Waals surface area contributed by atoms with Crippen LogP contribution in [0, 0.1) is 0 Å². The van der Waals surface area contributed by atoms with E-state index >= 15 is 0 Å². The number of nitrogens with one attached hydrogen (secondary N) is 1. The smallest absolute Gasteiger partial charge is 0.244 e. The molecule has 0 bridgehead atoms. The van der Waals surface area contributed by atoms with Crippen molar-refractivity contribution in [1.29, 1.82) is 0 Å². The van der Waals surface area contributed by atoms with Crippen molar-refractivity contribution in [2.75, 3.05) is 30.8 Å². The molecule has 34 heavy (non-hydrogen) atoms. The van der Waals surface area contributed by atoms with Gasteiger partial charge in [0.15, 0.2) is 0 Å². The average Bonchev–Trinajstić information content (AvgIpc) is 2.83. The highest BCUT2D eigenvalue weighted by molar-refractivity contribution is 7.92. The first kappa shape index (κ1) is 27.2. The van der Waals surface area contributed by atoms with E-state index in [1.165, 1.54) is 4.90 Å². The molecule has 0 aromatic heterocycles. The van der Waals surface area contributed by atoms with Gasteiger partial charge in [-0.2, -0.15) is 0 Å². The van der Waals surface area contributed by atoms with Crippen molar-refractivity contribution in [3.63, 3.8) is 0 Å². The zero-order chi connectivity index (χ0) is 25.3. The Bertz CT molecular complexity index is 1070. The third-order valence-electron chi connectivity index (χ3n) is 5.55. The largest absolute Gasteiger partial charge is 0.497 e. The van der Waals surface area contributed by atoms with Crippen LogP contribution in [-0.2, 0) is 32.6 Å². The van der Waals surface area contributed by atoms with Gasteiger partial charge in [-0.3, -0.25) is 13.9 Å². The van der Waals surface area contributed by atoms with Crippen LogP contribution in [0.2, 0.25) is 0 Å². The molecular weight excluding hydrogens is 454 g/mol. The summed E-state index contributed by atoms with van der Waals surface area (Å²) in [6, 6.07) is 13.5. The molecule has 1 atom stereocenters. The second-order valence-corrected chi connectivity index (χ2v) is 10.00. The Morgan fingerprint density at radius 1 is 1.06 bits per heavy atom. The third-order valence-corrected chi connectivity index (χ3v) is 6.68. The van der Waals surface area contributed by atoms with Gasteiger partial charge in [-0.1, -0.05) is 44.2 Å². The Hall–Kier alpha value is -3.07. The molecule has 0 aliphatic carbocycles. The number of nitrogens with zero attached hydrogens (tertiary/aromatic N) is 2.